The number of cyclic esters (lactones) is 1. The van der Waals surface area contributed by atoms with E-state index in [1.165, 1.54) is 19.2 Å². The number of carbonyl (C=O) groups excluding carboxylic acids is 1. The number of benzene rings is 2. The van der Waals surface area contributed by atoms with Crippen LogP contribution < -0.4 is 4.74 Å². The summed E-state index contributed by atoms with van der Waals surface area (Å²) in [7, 11) is 1.46. The highest BCUT2D eigenvalue weighted by Crippen LogP contribution is 2.37. The van der Waals surface area contributed by atoms with E-state index in [9.17, 15) is 15.0 Å². The molecule has 0 amide bonds. The minimum Gasteiger partial charge on any atom is -0.507 e. The number of phenols is 2. The molecule has 0 aromatic heterocycles. The Morgan fingerprint density at radius 3 is 2.76 bits per heavy atom. The second-order valence-electron chi connectivity index (χ2n) is 4.84. The standard InChI is InChI=1S/C16H14O5/c1-20-14-7-9(5-6-11(14)17)13-8-10-3-2-4-12(18)15(10)16(19)21-13/h2-7,13,17-18H,8H2,1H3. The van der Waals surface area contributed by atoms with Crippen molar-refractivity contribution in [2.45, 2.75) is 12.5 Å². The van der Waals surface area contributed by atoms with Crippen LogP contribution in [0.2, 0.25) is 0 Å². The molecule has 0 radical (unpaired) electrons. The second kappa shape index (κ2) is 5.01. The lowest BCUT2D eigenvalue weighted by Crippen LogP contribution is -2.21. The van der Waals surface area contributed by atoms with Gasteiger partial charge in [0.15, 0.2) is 11.5 Å². The number of esters is 1. The van der Waals surface area contributed by atoms with Gasteiger partial charge in [-0.05, 0) is 29.3 Å². The number of rotatable bonds is 2. The molecule has 0 saturated heterocycles. The van der Waals surface area contributed by atoms with Gasteiger partial charge in [0.25, 0.3) is 0 Å². The molecular formula is C16H14O5. The van der Waals surface area contributed by atoms with Crippen LogP contribution in [0.5, 0.6) is 17.2 Å². The van der Waals surface area contributed by atoms with Gasteiger partial charge >= 0.3 is 5.97 Å². The molecule has 2 aromatic carbocycles. The summed E-state index contributed by atoms with van der Waals surface area (Å²) < 4.78 is 10.4. The van der Waals surface area contributed by atoms with Crippen molar-refractivity contribution >= 4 is 5.97 Å². The molecule has 0 bridgehead atoms. The van der Waals surface area contributed by atoms with Crippen molar-refractivity contribution in [1.82, 2.24) is 0 Å². The van der Waals surface area contributed by atoms with Crippen LogP contribution in [-0.4, -0.2) is 23.3 Å². The molecule has 108 valence electrons. The van der Waals surface area contributed by atoms with Crippen molar-refractivity contribution in [2.75, 3.05) is 7.11 Å². The van der Waals surface area contributed by atoms with Crippen LogP contribution in [0.25, 0.3) is 0 Å². The average molecular weight is 286 g/mol. The number of aromatic hydroxyl groups is 2. The summed E-state index contributed by atoms with van der Waals surface area (Å²) in [4.78, 5) is 12.0. The van der Waals surface area contributed by atoms with Gasteiger partial charge in [0.05, 0.1) is 7.11 Å². The first-order valence-corrected chi connectivity index (χ1v) is 6.49. The Labute approximate surface area is 121 Å². The molecule has 1 aliphatic heterocycles. The predicted octanol–water partition coefficient (Wildman–Crippen LogP) is 2.56. The fraction of sp³-hybridized carbons (Fsp3) is 0.188. The Kier molecular flexibility index (Phi) is 3.17. The van der Waals surface area contributed by atoms with E-state index in [4.69, 9.17) is 9.47 Å². The summed E-state index contributed by atoms with van der Waals surface area (Å²) in [5.74, 6) is -0.266. The molecule has 5 heteroatoms. The number of methoxy groups -OCH3 is 1. The molecule has 21 heavy (non-hydrogen) atoms. The molecule has 0 spiro atoms. The third-order valence-corrected chi connectivity index (χ3v) is 3.56. The van der Waals surface area contributed by atoms with Crippen LogP contribution in [0, 0.1) is 0 Å². The SMILES string of the molecule is COc1cc(C2Cc3cccc(O)c3C(=O)O2)ccc1O. The van der Waals surface area contributed by atoms with Gasteiger partial charge in [0.1, 0.15) is 17.4 Å². The third kappa shape index (κ3) is 2.27. The molecule has 2 aromatic rings. The van der Waals surface area contributed by atoms with Gasteiger partial charge in [0, 0.05) is 6.42 Å². The van der Waals surface area contributed by atoms with E-state index in [0.29, 0.717) is 12.2 Å². The molecule has 0 fully saturated rings. The first-order valence-electron chi connectivity index (χ1n) is 6.49. The van der Waals surface area contributed by atoms with Crippen molar-refractivity contribution in [3.8, 4) is 17.2 Å². The van der Waals surface area contributed by atoms with Gasteiger partial charge in [-0.15, -0.1) is 0 Å². The van der Waals surface area contributed by atoms with Crippen LogP contribution >= 0.6 is 0 Å². The summed E-state index contributed by atoms with van der Waals surface area (Å²) in [6.45, 7) is 0. The molecule has 2 N–H and O–H groups in total. The summed E-state index contributed by atoms with van der Waals surface area (Å²) in [5.41, 5.74) is 1.69. The van der Waals surface area contributed by atoms with E-state index >= 15 is 0 Å². The van der Waals surface area contributed by atoms with E-state index in [-0.39, 0.29) is 17.1 Å². The van der Waals surface area contributed by atoms with E-state index in [1.54, 1.807) is 24.3 Å². The zero-order chi connectivity index (χ0) is 15.0. The molecule has 1 unspecified atom stereocenters. The third-order valence-electron chi connectivity index (χ3n) is 3.56. The maximum Gasteiger partial charge on any atom is 0.342 e. The zero-order valence-electron chi connectivity index (χ0n) is 11.4. The van der Waals surface area contributed by atoms with Crippen LogP contribution in [0.15, 0.2) is 36.4 Å². The fourth-order valence-corrected chi connectivity index (χ4v) is 2.50. The van der Waals surface area contributed by atoms with Crippen molar-refractivity contribution in [1.29, 1.82) is 0 Å². The molecule has 0 aliphatic carbocycles. The van der Waals surface area contributed by atoms with Crippen LogP contribution in [0.1, 0.15) is 27.6 Å². The highest BCUT2D eigenvalue weighted by atomic mass is 16.5. The predicted molar refractivity (Wildman–Crippen MR) is 74.6 cm³/mol. The Morgan fingerprint density at radius 2 is 2.00 bits per heavy atom. The minimum absolute atomic E-state index is 0.0291. The van der Waals surface area contributed by atoms with Gasteiger partial charge in [-0.3, -0.25) is 0 Å². The lowest BCUT2D eigenvalue weighted by atomic mass is 9.94. The largest absolute Gasteiger partial charge is 0.507 e. The zero-order valence-corrected chi connectivity index (χ0v) is 11.4. The van der Waals surface area contributed by atoms with Crippen LogP contribution in [-0.2, 0) is 11.2 Å². The lowest BCUT2D eigenvalue weighted by Gasteiger charge is -2.25. The molecular weight excluding hydrogens is 272 g/mol. The van der Waals surface area contributed by atoms with Crippen molar-refractivity contribution in [3.63, 3.8) is 0 Å². The van der Waals surface area contributed by atoms with E-state index in [0.717, 1.165) is 11.1 Å². The van der Waals surface area contributed by atoms with Crippen molar-refractivity contribution in [2.24, 2.45) is 0 Å². The molecule has 0 saturated carbocycles. The number of phenolic OH excluding ortho intramolecular Hbond substituents is 2. The fourth-order valence-electron chi connectivity index (χ4n) is 2.50. The number of ether oxygens (including phenoxy) is 2. The van der Waals surface area contributed by atoms with E-state index < -0.39 is 12.1 Å². The Bertz CT molecular complexity index is 708. The van der Waals surface area contributed by atoms with Gasteiger partial charge in [-0.25, -0.2) is 4.79 Å². The van der Waals surface area contributed by atoms with Gasteiger partial charge < -0.3 is 19.7 Å². The summed E-state index contributed by atoms with van der Waals surface area (Å²) in [5, 5.41) is 19.4. The topological polar surface area (TPSA) is 76.0 Å². The van der Waals surface area contributed by atoms with Gasteiger partial charge in [-0.1, -0.05) is 18.2 Å². The number of hydrogen-bond donors (Lipinski definition) is 2. The normalized spacial score (nSPS) is 17.0. The quantitative estimate of drug-likeness (QED) is 0.830. The van der Waals surface area contributed by atoms with E-state index in [2.05, 4.69) is 0 Å². The van der Waals surface area contributed by atoms with Crippen LogP contribution in [0.3, 0.4) is 0 Å². The minimum atomic E-state index is -0.550. The Hall–Kier alpha value is -2.69. The van der Waals surface area contributed by atoms with E-state index in [1.807, 2.05) is 0 Å². The number of hydrogen-bond acceptors (Lipinski definition) is 5. The number of carbonyl (C=O) groups is 1. The maximum absolute atomic E-state index is 12.0. The Balaban J connectivity index is 1.98. The molecule has 1 heterocycles. The smallest absolute Gasteiger partial charge is 0.342 e. The molecule has 1 aliphatic rings. The van der Waals surface area contributed by atoms with Gasteiger partial charge in [0.2, 0.25) is 0 Å². The van der Waals surface area contributed by atoms with Crippen molar-refractivity contribution in [3.05, 3.63) is 53.1 Å². The molecule has 1 atom stereocenters. The summed E-state index contributed by atoms with van der Waals surface area (Å²) >= 11 is 0. The van der Waals surface area contributed by atoms with Crippen molar-refractivity contribution < 1.29 is 24.5 Å². The highest BCUT2D eigenvalue weighted by Gasteiger charge is 2.30. The van der Waals surface area contributed by atoms with Gasteiger partial charge in [-0.2, -0.15) is 0 Å². The average Bonchev–Trinajstić information content (AvgIpc) is 2.47. The lowest BCUT2D eigenvalue weighted by molar-refractivity contribution is 0.0248. The monoisotopic (exact) mass is 286 g/mol. The maximum atomic E-state index is 12.0. The first-order chi connectivity index (χ1) is 10.1. The number of fused-ring (bicyclic) bond motifs is 1. The second-order valence-corrected chi connectivity index (χ2v) is 4.84. The summed E-state index contributed by atoms with van der Waals surface area (Å²) in [6, 6.07) is 9.77. The van der Waals surface area contributed by atoms with Crippen LogP contribution in [0.4, 0.5) is 0 Å². The molecule has 5 nitrogen and oxygen atoms in total. The first kappa shape index (κ1) is 13.3. The molecule has 3 rings (SSSR count). The summed E-state index contributed by atoms with van der Waals surface area (Å²) in [6.07, 6.45) is -0.00931. The highest BCUT2D eigenvalue weighted by molar-refractivity contribution is 5.95. The Morgan fingerprint density at radius 1 is 1.19 bits per heavy atom.